The number of amides is 6. The van der Waals surface area contributed by atoms with Crippen LogP contribution in [-0.4, -0.2) is 168 Å². The lowest BCUT2D eigenvalue weighted by molar-refractivity contribution is -0.189. The summed E-state index contributed by atoms with van der Waals surface area (Å²) in [6.45, 7) is 6.59. The third-order valence-electron chi connectivity index (χ3n) is 15.0. The fraction of sp³-hybridized carbons (Fsp3) is 0.635. The lowest BCUT2D eigenvalue weighted by Crippen LogP contribution is -2.63. The van der Waals surface area contributed by atoms with E-state index in [0.29, 0.717) is 48.6 Å². The van der Waals surface area contributed by atoms with Crippen LogP contribution in [-0.2, 0) is 68.6 Å². The zero-order chi connectivity index (χ0) is 55.8. The highest BCUT2D eigenvalue weighted by molar-refractivity contribution is 8.00. The highest BCUT2D eigenvalue weighted by Crippen LogP contribution is 2.49. The second-order valence-corrected chi connectivity index (χ2v) is 22.1. The zero-order valence-electron chi connectivity index (χ0n) is 44.1. The van der Waals surface area contributed by atoms with E-state index in [1.807, 2.05) is 13.0 Å². The number of benzene rings is 1. The fourth-order valence-electron chi connectivity index (χ4n) is 10.1. The number of nitrogens with zero attached hydrogens (tertiary/aromatic N) is 3. The average Bonchev–Trinajstić information content (AvgIpc) is 3.98. The van der Waals surface area contributed by atoms with Gasteiger partial charge in [0.05, 0.1) is 37.0 Å². The summed E-state index contributed by atoms with van der Waals surface area (Å²) in [5, 5.41) is 26.6. The number of halogens is 1. The number of esters is 1. The quantitative estimate of drug-likeness (QED) is 0.0916. The van der Waals surface area contributed by atoms with Crippen LogP contribution in [0.1, 0.15) is 97.5 Å². The van der Waals surface area contributed by atoms with Gasteiger partial charge in [-0.15, -0.1) is 11.8 Å². The molecule has 0 spiro atoms. The molecule has 9 unspecified atom stereocenters. The van der Waals surface area contributed by atoms with Gasteiger partial charge in [0, 0.05) is 71.0 Å². The Labute approximate surface area is 450 Å². The third kappa shape index (κ3) is 14.5. The number of Topliss-reactive ketones (excluding diaryl/α,β-unsaturated/α-hetero) is 1. The Morgan fingerprint density at radius 3 is 2.38 bits per heavy atom. The smallest absolute Gasteiger partial charge is 0.409 e. The summed E-state index contributed by atoms with van der Waals surface area (Å²) in [7, 11) is 5.77. The molecule has 4 N–H and O–H groups in total. The number of likely N-dealkylation sites (N-methyl/N-ethyl adjacent to an activating group) is 1. The van der Waals surface area contributed by atoms with Gasteiger partial charge in [0.1, 0.15) is 47.3 Å². The van der Waals surface area contributed by atoms with Gasteiger partial charge in [0.15, 0.2) is 11.5 Å². The fourth-order valence-corrected chi connectivity index (χ4v) is 11.4. The Morgan fingerprint density at radius 2 is 1.74 bits per heavy atom. The standard InChI is InChI=1S/C52H70ClN5O17S/c1-28-10-9-11-39(71-8)52(69)25-37(73-50(68)55-52)29(2)47-51(4,75-47)40(24-44(63)57(6)34-21-32(20-28)22-36(70-7)46(34)53)74-49(67)30(3)56(5)41(60)18-19-76-38(23-45(64)65)48(66)54-26-31-12-14-33(15-13-31)35(59)27-72-58-42(61)16-17-43(58)62/h9-11,21-22,29-31,33,37-40,47,69H,12-20,23-27H2,1-8H3,(H,54,66)(H,55,68)(H,64,65)/b11-9+,28-10+. The van der Waals surface area contributed by atoms with Crippen molar-refractivity contribution in [1.29, 1.82) is 0 Å². The molecule has 0 radical (unpaired) electrons. The van der Waals surface area contributed by atoms with Crippen molar-refractivity contribution in [3.8, 4) is 5.75 Å². The topological polar surface area (TPSA) is 287 Å². The van der Waals surface area contributed by atoms with Gasteiger partial charge in [0.25, 0.3) is 11.8 Å². The second-order valence-electron chi connectivity index (χ2n) is 20.4. The molecule has 0 aromatic heterocycles. The molecule has 9 atom stereocenters. The van der Waals surface area contributed by atoms with Gasteiger partial charge in [-0.05, 0) is 76.5 Å². The van der Waals surface area contributed by atoms with Gasteiger partial charge in [-0.1, -0.05) is 42.3 Å². The number of fused-ring (bicyclic) bond motifs is 5. The molecule has 6 rings (SSSR count). The number of methoxy groups -OCH3 is 2. The monoisotopic (exact) mass is 1100 g/mol. The molecule has 1 aromatic carbocycles. The highest BCUT2D eigenvalue weighted by Gasteiger charge is 2.64. The third-order valence-corrected chi connectivity index (χ3v) is 16.6. The minimum Gasteiger partial charge on any atom is -0.495 e. The minimum atomic E-state index is -1.90. The predicted molar refractivity (Wildman–Crippen MR) is 275 cm³/mol. The van der Waals surface area contributed by atoms with Crippen LogP contribution in [0.25, 0.3) is 0 Å². The van der Waals surface area contributed by atoms with Crippen LogP contribution >= 0.6 is 23.4 Å². The molecule has 1 aromatic rings. The van der Waals surface area contributed by atoms with Crippen molar-refractivity contribution < 1.29 is 81.9 Å². The Hall–Kier alpha value is -5.59. The number of carbonyl (C=O) groups excluding carboxylic acids is 8. The first-order valence-corrected chi connectivity index (χ1v) is 26.8. The number of nitrogens with one attached hydrogen (secondary N) is 2. The van der Waals surface area contributed by atoms with E-state index in [-0.39, 0.29) is 67.2 Å². The number of epoxide rings is 1. The number of hydrogen-bond donors (Lipinski definition) is 4. The minimum absolute atomic E-state index is 0.0161. The Morgan fingerprint density at radius 1 is 1.05 bits per heavy atom. The van der Waals surface area contributed by atoms with E-state index >= 15 is 0 Å². The maximum Gasteiger partial charge on any atom is 0.409 e. The van der Waals surface area contributed by atoms with Crippen molar-refractivity contribution in [2.24, 2.45) is 17.8 Å². The number of carboxylic acid groups (broad SMARTS) is 1. The highest BCUT2D eigenvalue weighted by atomic mass is 35.5. The number of allylic oxidation sites excluding steroid dienone is 3. The van der Waals surface area contributed by atoms with Crippen LogP contribution in [0.3, 0.4) is 0 Å². The molecular weight excluding hydrogens is 1030 g/mol. The van der Waals surface area contributed by atoms with Crippen LogP contribution in [0, 0.1) is 17.8 Å². The Balaban J connectivity index is 1.09. The number of thioether (sulfide) groups is 1. The van der Waals surface area contributed by atoms with Crippen LogP contribution < -0.4 is 20.3 Å². The van der Waals surface area contributed by atoms with Crippen molar-refractivity contribution in [1.82, 2.24) is 20.6 Å². The average molecular weight is 1100 g/mol. The molecule has 5 aliphatic rings. The van der Waals surface area contributed by atoms with E-state index < -0.39 is 113 Å². The maximum absolute atomic E-state index is 14.4. The van der Waals surface area contributed by atoms with E-state index in [4.69, 9.17) is 40.1 Å². The molecule has 76 heavy (non-hydrogen) atoms. The summed E-state index contributed by atoms with van der Waals surface area (Å²) in [6.07, 6.45) is 1.73. The van der Waals surface area contributed by atoms with E-state index in [0.717, 1.165) is 27.8 Å². The number of aliphatic hydroxyl groups is 1. The largest absolute Gasteiger partial charge is 0.495 e. The van der Waals surface area contributed by atoms with Crippen LogP contribution in [0.15, 0.2) is 35.9 Å². The number of hydroxylamine groups is 2. The second kappa shape index (κ2) is 25.7. The van der Waals surface area contributed by atoms with Crippen LogP contribution in [0.5, 0.6) is 5.75 Å². The summed E-state index contributed by atoms with van der Waals surface area (Å²) in [5.74, 6) is -5.44. The molecule has 418 valence electrons. The molecule has 1 saturated carbocycles. The van der Waals surface area contributed by atoms with Gasteiger partial charge < -0.3 is 49.0 Å². The molecule has 4 bridgehead atoms. The molecule has 1 aliphatic carbocycles. The van der Waals surface area contributed by atoms with Gasteiger partial charge in [-0.2, -0.15) is 5.06 Å². The summed E-state index contributed by atoms with van der Waals surface area (Å²) in [5.41, 5.74) is -1.30. The molecule has 24 heteroatoms. The number of ether oxygens (including phenoxy) is 5. The Kier molecular flexibility index (Phi) is 20.2. The lowest BCUT2D eigenvalue weighted by Gasteiger charge is -2.42. The van der Waals surface area contributed by atoms with E-state index in [1.165, 1.54) is 40.1 Å². The molecule has 4 fully saturated rings. The van der Waals surface area contributed by atoms with Crippen molar-refractivity contribution in [2.45, 2.75) is 145 Å². The number of carbonyl (C=O) groups is 9. The lowest BCUT2D eigenvalue weighted by atomic mass is 9.80. The number of aliphatic carboxylic acids is 1. The van der Waals surface area contributed by atoms with E-state index in [1.54, 1.807) is 38.1 Å². The normalized spacial score (nSPS) is 29.9. The first-order chi connectivity index (χ1) is 35.9. The van der Waals surface area contributed by atoms with Crippen molar-refractivity contribution in [2.75, 3.05) is 52.1 Å². The van der Waals surface area contributed by atoms with E-state index in [9.17, 15) is 53.4 Å². The predicted octanol–water partition coefficient (Wildman–Crippen LogP) is 4.05. The van der Waals surface area contributed by atoms with Crippen molar-refractivity contribution in [3.63, 3.8) is 0 Å². The first kappa shape index (κ1) is 59.7. The van der Waals surface area contributed by atoms with Gasteiger partial charge in [-0.3, -0.25) is 43.7 Å². The van der Waals surface area contributed by atoms with Crippen molar-refractivity contribution in [3.05, 3.63) is 46.5 Å². The number of carboxylic acids is 1. The number of alkyl carbamates (subject to hydrolysis) is 1. The van der Waals surface area contributed by atoms with E-state index in [2.05, 4.69) is 10.6 Å². The summed E-state index contributed by atoms with van der Waals surface area (Å²) in [4.78, 5) is 124. The van der Waals surface area contributed by atoms with Gasteiger partial charge in [0.2, 0.25) is 17.7 Å². The van der Waals surface area contributed by atoms with Gasteiger partial charge in [-0.25, -0.2) is 9.59 Å². The number of anilines is 1. The summed E-state index contributed by atoms with van der Waals surface area (Å²) < 4.78 is 29.4. The molecule has 22 nitrogen and oxygen atoms in total. The number of imide groups is 1. The van der Waals surface area contributed by atoms with Crippen molar-refractivity contribution >= 4 is 82.4 Å². The zero-order valence-corrected chi connectivity index (χ0v) is 45.7. The SMILES string of the molecule is COc1cc2cc(c1Cl)N(C)C(=O)CC(OC(=O)C(C)N(C)C(=O)CCSC(CC(=O)O)C(=O)NCC1CCC(C(=O)CON3C(=O)CCC3=O)CC1)C1(C)OC1C(C)C1CC(O)(NC(=O)O1)C(OC)/C=C/C=C(\C)C2. The molecule has 4 aliphatic heterocycles. The Bertz CT molecular complexity index is 2450. The number of hydrogen-bond acceptors (Lipinski definition) is 17. The van der Waals surface area contributed by atoms with Gasteiger partial charge >= 0.3 is 18.0 Å². The number of ketones is 1. The summed E-state index contributed by atoms with van der Waals surface area (Å²) >= 11 is 7.79. The summed E-state index contributed by atoms with van der Waals surface area (Å²) in [6, 6.07) is 2.29. The van der Waals surface area contributed by atoms with Crippen LogP contribution in [0.4, 0.5) is 10.5 Å². The van der Waals surface area contributed by atoms with Crippen LogP contribution in [0.2, 0.25) is 5.02 Å². The molecule has 3 saturated heterocycles. The molecular formula is C52H70ClN5O17S. The first-order valence-electron chi connectivity index (χ1n) is 25.4. The maximum atomic E-state index is 14.4. The molecule has 6 amide bonds. The molecule has 4 heterocycles. The number of rotatable bonds is 18.